The Labute approximate surface area is 196 Å². The van der Waals surface area contributed by atoms with Gasteiger partial charge in [0.2, 0.25) is 0 Å². The van der Waals surface area contributed by atoms with Gasteiger partial charge in [-0.2, -0.15) is 10.1 Å². The topological polar surface area (TPSA) is 126 Å². The lowest BCUT2D eigenvalue weighted by Crippen LogP contribution is -2.49. The molecule has 9 nitrogen and oxygen atoms in total. The summed E-state index contributed by atoms with van der Waals surface area (Å²) in [5.74, 6) is -1.11. The Bertz CT molecular complexity index is 1240. The van der Waals surface area contributed by atoms with Crippen LogP contribution < -0.4 is 10.2 Å². The van der Waals surface area contributed by atoms with Gasteiger partial charge in [0.25, 0.3) is 11.8 Å². The van der Waals surface area contributed by atoms with Crippen molar-refractivity contribution in [1.29, 1.82) is 0 Å². The fourth-order valence-corrected chi connectivity index (χ4v) is 3.83. The average molecular weight is 463 g/mol. The Kier molecular flexibility index (Phi) is 6.34. The van der Waals surface area contributed by atoms with E-state index in [1.165, 1.54) is 6.21 Å². The zero-order valence-corrected chi connectivity index (χ0v) is 18.9. The molecular formula is C25H26N4O5. The maximum atomic E-state index is 13.2. The molecule has 1 aliphatic heterocycles. The Morgan fingerprint density at radius 2 is 1.53 bits per heavy atom. The van der Waals surface area contributed by atoms with Crippen LogP contribution in [0, 0.1) is 0 Å². The summed E-state index contributed by atoms with van der Waals surface area (Å²) in [5, 5.41) is 38.0. The van der Waals surface area contributed by atoms with Crippen LogP contribution in [0.25, 0.3) is 10.8 Å². The van der Waals surface area contributed by atoms with Gasteiger partial charge in [0.05, 0.1) is 37.2 Å². The number of rotatable bonds is 8. The van der Waals surface area contributed by atoms with Crippen LogP contribution in [0.4, 0.5) is 11.4 Å². The second kappa shape index (κ2) is 9.22. The Morgan fingerprint density at radius 1 is 0.912 bits per heavy atom. The molecule has 4 rings (SSSR count). The van der Waals surface area contributed by atoms with Crippen molar-refractivity contribution in [3.8, 4) is 0 Å². The first kappa shape index (κ1) is 23.4. The van der Waals surface area contributed by atoms with Crippen molar-refractivity contribution in [2.75, 3.05) is 44.1 Å². The summed E-state index contributed by atoms with van der Waals surface area (Å²) in [7, 11) is 3.87. The van der Waals surface area contributed by atoms with Gasteiger partial charge in [0.15, 0.2) is 0 Å². The molecule has 0 bridgehead atoms. The molecule has 9 heteroatoms. The smallest absolute Gasteiger partial charge is 0.282 e. The van der Waals surface area contributed by atoms with Gasteiger partial charge in [0.1, 0.15) is 5.54 Å². The third kappa shape index (κ3) is 4.01. The minimum Gasteiger partial charge on any atom is -0.394 e. The number of hydrogen-bond acceptors (Lipinski definition) is 8. The third-order valence-corrected chi connectivity index (χ3v) is 5.93. The molecule has 0 aliphatic carbocycles. The zero-order valence-electron chi connectivity index (χ0n) is 18.9. The summed E-state index contributed by atoms with van der Waals surface area (Å²) < 4.78 is 0. The molecule has 0 fully saturated rings. The normalized spacial score (nSPS) is 13.7. The van der Waals surface area contributed by atoms with E-state index in [4.69, 9.17) is 0 Å². The second-order valence-corrected chi connectivity index (χ2v) is 8.42. The lowest BCUT2D eigenvalue weighted by molar-refractivity contribution is 0.0616. The molecule has 0 saturated carbocycles. The molecule has 0 spiro atoms. The van der Waals surface area contributed by atoms with Gasteiger partial charge in [-0.25, -0.2) is 0 Å². The summed E-state index contributed by atoms with van der Waals surface area (Å²) >= 11 is 0. The Hall–Kier alpha value is -3.79. The first-order valence-electron chi connectivity index (χ1n) is 10.7. The molecule has 2 amide bonds. The number of nitrogens with zero attached hydrogens (tertiary/aromatic N) is 3. The molecule has 0 aromatic heterocycles. The van der Waals surface area contributed by atoms with E-state index in [1.54, 1.807) is 30.3 Å². The number of anilines is 2. The highest BCUT2D eigenvalue weighted by Gasteiger charge is 2.34. The number of carbonyl (C=O) groups excluding carboxylic acids is 2. The zero-order chi connectivity index (χ0) is 24.5. The van der Waals surface area contributed by atoms with Crippen LogP contribution in [0.2, 0.25) is 0 Å². The third-order valence-electron chi connectivity index (χ3n) is 5.93. The van der Waals surface area contributed by atoms with Crippen molar-refractivity contribution < 1.29 is 24.9 Å². The summed E-state index contributed by atoms with van der Waals surface area (Å²) in [4.78, 5) is 28.3. The van der Waals surface area contributed by atoms with Crippen LogP contribution in [0.15, 0.2) is 59.7 Å². The summed E-state index contributed by atoms with van der Waals surface area (Å²) in [6.07, 6.45) is 1.47. The van der Waals surface area contributed by atoms with Crippen molar-refractivity contribution in [2.45, 2.75) is 5.54 Å². The highest BCUT2D eigenvalue weighted by atomic mass is 16.3. The van der Waals surface area contributed by atoms with Crippen LogP contribution in [0.5, 0.6) is 0 Å². The molecular weight excluding hydrogens is 436 g/mol. The van der Waals surface area contributed by atoms with Gasteiger partial charge in [0, 0.05) is 36.2 Å². The number of carbonyl (C=O) groups is 2. The van der Waals surface area contributed by atoms with E-state index >= 15 is 0 Å². The molecule has 176 valence electrons. The van der Waals surface area contributed by atoms with Crippen molar-refractivity contribution in [3.05, 3.63) is 71.3 Å². The molecule has 4 N–H and O–H groups in total. The minimum atomic E-state index is -1.36. The number of benzene rings is 3. The molecule has 3 aromatic carbocycles. The maximum Gasteiger partial charge on any atom is 0.282 e. The highest BCUT2D eigenvalue weighted by molar-refractivity contribution is 6.26. The Morgan fingerprint density at radius 3 is 2.12 bits per heavy atom. The predicted octanol–water partition coefficient (Wildman–Crippen LogP) is 1.66. The standard InChI is InChI=1S/C25H26N4O5/c1-28(2)17-8-6-16(7-9-17)12-26-29-23(33)19-5-3-4-18-21(27-25(13-30,14-31)15-32)11-10-20(22(18)19)24(29)34/h3-12,27,30-32H,13-15H2,1-2H3/b26-12+. The lowest BCUT2D eigenvalue weighted by atomic mass is 9.92. The summed E-state index contributed by atoms with van der Waals surface area (Å²) in [6, 6.07) is 15.7. The van der Waals surface area contributed by atoms with Crippen molar-refractivity contribution in [1.82, 2.24) is 5.01 Å². The predicted molar refractivity (Wildman–Crippen MR) is 130 cm³/mol. The van der Waals surface area contributed by atoms with Gasteiger partial charge in [-0.05, 0) is 35.9 Å². The maximum absolute atomic E-state index is 13.2. The monoisotopic (exact) mass is 462 g/mol. The number of aliphatic hydroxyl groups is 3. The highest BCUT2D eigenvalue weighted by Crippen LogP contribution is 2.35. The van der Waals surface area contributed by atoms with Crippen LogP contribution in [0.3, 0.4) is 0 Å². The van der Waals surface area contributed by atoms with E-state index < -0.39 is 37.2 Å². The fourth-order valence-electron chi connectivity index (χ4n) is 3.83. The summed E-state index contributed by atoms with van der Waals surface area (Å²) in [6.45, 7) is -1.55. The fraction of sp³-hybridized carbons (Fsp3) is 0.240. The van der Waals surface area contributed by atoms with Gasteiger partial charge in [-0.3, -0.25) is 9.59 Å². The molecule has 0 radical (unpaired) electrons. The van der Waals surface area contributed by atoms with Gasteiger partial charge in [-0.15, -0.1) is 0 Å². The lowest BCUT2D eigenvalue weighted by Gasteiger charge is -2.31. The second-order valence-electron chi connectivity index (χ2n) is 8.42. The van der Waals surface area contributed by atoms with Gasteiger partial charge >= 0.3 is 0 Å². The van der Waals surface area contributed by atoms with Crippen LogP contribution in [-0.4, -0.2) is 77.8 Å². The van der Waals surface area contributed by atoms with Gasteiger partial charge < -0.3 is 25.5 Å². The molecule has 0 saturated heterocycles. The number of imide groups is 1. The van der Waals surface area contributed by atoms with Crippen LogP contribution in [-0.2, 0) is 0 Å². The minimum absolute atomic E-state index is 0.304. The number of amides is 2. The number of hydrazone groups is 1. The van der Waals surface area contributed by atoms with E-state index in [0.29, 0.717) is 27.6 Å². The van der Waals surface area contributed by atoms with Gasteiger partial charge in [-0.1, -0.05) is 24.3 Å². The van der Waals surface area contributed by atoms with Crippen molar-refractivity contribution in [3.63, 3.8) is 0 Å². The molecule has 3 aromatic rings. The first-order chi connectivity index (χ1) is 16.3. The summed E-state index contributed by atoms with van der Waals surface area (Å²) in [5.41, 5.74) is 1.47. The molecule has 1 aliphatic rings. The Balaban J connectivity index is 1.71. The number of hydrogen-bond donors (Lipinski definition) is 4. The molecule has 0 unspecified atom stereocenters. The number of nitrogens with one attached hydrogen (secondary N) is 1. The largest absolute Gasteiger partial charge is 0.394 e. The number of aliphatic hydroxyl groups excluding tert-OH is 3. The van der Waals surface area contributed by atoms with Crippen molar-refractivity contribution in [2.24, 2.45) is 5.10 Å². The van der Waals surface area contributed by atoms with Crippen LogP contribution >= 0.6 is 0 Å². The van der Waals surface area contributed by atoms with Crippen LogP contribution in [0.1, 0.15) is 26.3 Å². The van der Waals surface area contributed by atoms with Crippen molar-refractivity contribution >= 4 is 40.2 Å². The SMILES string of the molecule is CN(C)c1ccc(/C=N/N2C(=O)c3cccc4c(NC(CO)(CO)CO)ccc(c34)C2=O)cc1. The molecule has 0 atom stereocenters. The first-order valence-corrected chi connectivity index (χ1v) is 10.7. The molecule has 34 heavy (non-hydrogen) atoms. The van der Waals surface area contributed by atoms with E-state index in [2.05, 4.69) is 10.4 Å². The molecule has 1 heterocycles. The van der Waals surface area contributed by atoms with E-state index in [0.717, 1.165) is 16.3 Å². The quantitative estimate of drug-likeness (QED) is 0.296. The van der Waals surface area contributed by atoms with E-state index in [-0.39, 0.29) is 0 Å². The average Bonchev–Trinajstić information content (AvgIpc) is 2.86. The van der Waals surface area contributed by atoms with E-state index in [9.17, 15) is 24.9 Å². The van der Waals surface area contributed by atoms with E-state index in [1.807, 2.05) is 43.3 Å².